The van der Waals surface area contributed by atoms with Crippen LogP contribution in [0.25, 0.3) is 10.2 Å². The van der Waals surface area contributed by atoms with Crippen molar-refractivity contribution < 1.29 is 14.3 Å². The van der Waals surface area contributed by atoms with E-state index in [0.717, 1.165) is 46.2 Å². The Labute approximate surface area is 187 Å². The number of anilines is 1. The monoisotopic (exact) mass is 457 g/mol. The molecule has 1 aromatic carbocycles. The normalized spacial score (nSPS) is 12.7. The molecule has 2 heterocycles. The summed E-state index contributed by atoms with van der Waals surface area (Å²) in [4.78, 5) is 46.4. The molecule has 0 saturated carbocycles. The number of esters is 1. The number of methoxy groups -OCH3 is 1. The Kier molecular flexibility index (Phi) is 6.15. The first-order valence-corrected chi connectivity index (χ1v) is 11.9. The van der Waals surface area contributed by atoms with Gasteiger partial charge in [-0.05, 0) is 61.9 Å². The van der Waals surface area contributed by atoms with E-state index < -0.39 is 5.97 Å². The van der Waals surface area contributed by atoms with Crippen LogP contribution in [0.4, 0.5) is 5.69 Å². The molecule has 162 valence electrons. The van der Waals surface area contributed by atoms with Crippen LogP contribution in [0.5, 0.6) is 0 Å². The Hall–Kier alpha value is -2.65. The highest BCUT2D eigenvalue weighted by atomic mass is 32.2. The summed E-state index contributed by atoms with van der Waals surface area (Å²) in [6, 6.07) is 3.45. The number of ether oxygens (including phenoxy) is 1. The zero-order valence-electron chi connectivity index (χ0n) is 17.6. The summed E-state index contributed by atoms with van der Waals surface area (Å²) in [6.45, 7) is 3.72. The SMILES string of the molecule is COC(=O)c1cc(NC(=O)CSCc2nc3sc4c(c3c(=O)[nH]2)CCC4)cc(C)c1C. The van der Waals surface area contributed by atoms with Crippen molar-refractivity contribution in [3.05, 3.63) is 55.4 Å². The number of fused-ring (bicyclic) bond motifs is 3. The Morgan fingerprint density at radius 3 is 2.87 bits per heavy atom. The lowest BCUT2D eigenvalue weighted by atomic mass is 10.0. The number of thiophene rings is 1. The Morgan fingerprint density at radius 2 is 2.10 bits per heavy atom. The second-order valence-electron chi connectivity index (χ2n) is 7.55. The smallest absolute Gasteiger partial charge is 0.338 e. The molecule has 0 bridgehead atoms. The van der Waals surface area contributed by atoms with Crippen LogP contribution in [0.15, 0.2) is 16.9 Å². The van der Waals surface area contributed by atoms with Crippen LogP contribution in [0.3, 0.4) is 0 Å². The number of nitrogens with zero attached hydrogens (tertiary/aromatic N) is 1. The number of hydrogen-bond donors (Lipinski definition) is 2. The minimum atomic E-state index is -0.434. The van der Waals surface area contributed by atoms with Crippen molar-refractivity contribution in [2.75, 3.05) is 18.2 Å². The highest BCUT2D eigenvalue weighted by Gasteiger charge is 2.21. The van der Waals surface area contributed by atoms with Gasteiger partial charge in [0, 0.05) is 10.6 Å². The number of carbonyl (C=O) groups is 2. The second kappa shape index (κ2) is 8.84. The standard InChI is InChI=1S/C22H23N3O4S2/c1-11-7-13(8-15(12(11)2)22(28)29-3)23-18(26)10-30-9-17-24-20(27)19-14-5-4-6-16(14)31-21(19)25-17/h7-8H,4-6,9-10H2,1-3H3,(H,23,26)(H,24,25,27). The molecule has 7 nitrogen and oxygen atoms in total. The first-order chi connectivity index (χ1) is 14.9. The fourth-order valence-corrected chi connectivity index (χ4v) is 5.78. The number of benzene rings is 1. The third-order valence-corrected chi connectivity index (χ3v) is 7.58. The Bertz CT molecular complexity index is 1250. The molecular formula is C22H23N3O4S2. The summed E-state index contributed by atoms with van der Waals surface area (Å²) in [7, 11) is 1.33. The van der Waals surface area contributed by atoms with Gasteiger partial charge in [0.15, 0.2) is 0 Å². The first-order valence-electron chi connectivity index (χ1n) is 9.98. The molecule has 0 radical (unpaired) electrons. The Morgan fingerprint density at radius 1 is 1.29 bits per heavy atom. The van der Waals surface area contributed by atoms with Crippen molar-refractivity contribution in [2.24, 2.45) is 0 Å². The molecule has 0 saturated heterocycles. The lowest BCUT2D eigenvalue weighted by Crippen LogP contribution is -2.16. The van der Waals surface area contributed by atoms with Crippen LogP contribution < -0.4 is 10.9 Å². The number of H-pyrrole nitrogens is 1. The molecule has 2 N–H and O–H groups in total. The van der Waals surface area contributed by atoms with E-state index in [1.54, 1.807) is 17.4 Å². The van der Waals surface area contributed by atoms with Gasteiger partial charge in [-0.1, -0.05) is 0 Å². The summed E-state index contributed by atoms with van der Waals surface area (Å²) < 4.78 is 4.81. The van der Waals surface area contributed by atoms with E-state index in [9.17, 15) is 14.4 Å². The molecule has 2 aromatic heterocycles. The van der Waals surface area contributed by atoms with Crippen LogP contribution in [0, 0.1) is 13.8 Å². The van der Waals surface area contributed by atoms with E-state index in [4.69, 9.17) is 4.74 Å². The maximum absolute atomic E-state index is 12.5. The summed E-state index contributed by atoms with van der Waals surface area (Å²) in [6.07, 6.45) is 3.08. The van der Waals surface area contributed by atoms with E-state index in [-0.39, 0.29) is 17.2 Å². The number of carbonyl (C=O) groups excluding carboxylic acids is 2. The van der Waals surface area contributed by atoms with Crippen LogP contribution >= 0.6 is 23.1 Å². The predicted octanol–water partition coefficient (Wildman–Crippen LogP) is 3.75. The first kappa shape index (κ1) is 21.6. The molecule has 0 fully saturated rings. The number of aromatic amines is 1. The summed E-state index contributed by atoms with van der Waals surface area (Å²) in [5.74, 6) is 0.582. The molecular weight excluding hydrogens is 434 g/mol. The molecule has 1 aliphatic carbocycles. The largest absolute Gasteiger partial charge is 0.465 e. The topological polar surface area (TPSA) is 101 Å². The van der Waals surface area contributed by atoms with E-state index in [2.05, 4.69) is 15.3 Å². The van der Waals surface area contributed by atoms with Gasteiger partial charge in [0.2, 0.25) is 5.91 Å². The van der Waals surface area contributed by atoms with Crippen molar-refractivity contribution >= 4 is 50.9 Å². The molecule has 9 heteroatoms. The van der Waals surface area contributed by atoms with E-state index >= 15 is 0 Å². The molecule has 0 atom stereocenters. The lowest BCUT2D eigenvalue weighted by Gasteiger charge is -2.12. The van der Waals surface area contributed by atoms with Crippen LogP contribution in [0.1, 0.15) is 44.2 Å². The van der Waals surface area contributed by atoms with Crippen molar-refractivity contribution in [2.45, 2.75) is 38.9 Å². The number of thioether (sulfide) groups is 1. The van der Waals surface area contributed by atoms with Gasteiger partial charge in [0.25, 0.3) is 5.56 Å². The molecule has 31 heavy (non-hydrogen) atoms. The van der Waals surface area contributed by atoms with Crippen LogP contribution in [0.2, 0.25) is 0 Å². The number of aromatic nitrogens is 2. The van der Waals surface area contributed by atoms with Gasteiger partial charge in [-0.15, -0.1) is 23.1 Å². The zero-order valence-corrected chi connectivity index (χ0v) is 19.2. The summed E-state index contributed by atoms with van der Waals surface area (Å²) in [5, 5.41) is 3.56. The quantitative estimate of drug-likeness (QED) is 0.547. The average Bonchev–Trinajstić information content (AvgIpc) is 3.30. The maximum Gasteiger partial charge on any atom is 0.338 e. The molecule has 0 aliphatic heterocycles. The van der Waals surface area contributed by atoms with Crippen molar-refractivity contribution in [3.63, 3.8) is 0 Å². The van der Waals surface area contributed by atoms with Gasteiger partial charge < -0.3 is 15.0 Å². The fraction of sp³-hybridized carbons (Fsp3) is 0.364. The Balaban J connectivity index is 1.39. The zero-order chi connectivity index (χ0) is 22.1. The minimum Gasteiger partial charge on any atom is -0.465 e. The van der Waals surface area contributed by atoms with Gasteiger partial charge >= 0.3 is 5.97 Å². The molecule has 0 unspecified atom stereocenters. The molecule has 1 aliphatic rings. The molecule has 3 aromatic rings. The van der Waals surface area contributed by atoms with Crippen LogP contribution in [-0.2, 0) is 28.1 Å². The highest BCUT2D eigenvalue weighted by Crippen LogP contribution is 2.34. The summed E-state index contributed by atoms with van der Waals surface area (Å²) in [5.41, 5.74) is 3.77. The number of nitrogens with one attached hydrogen (secondary N) is 2. The third-order valence-electron chi connectivity index (χ3n) is 5.45. The molecule has 1 amide bonds. The lowest BCUT2D eigenvalue weighted by molar-refractivity contribution is -0.113. The van der Waals surface area contributed by atoms with Gasteiger partial charge in [-0.25, -0.2) is 9.78 Å². The van der Waals surface area contributed by atoms with Crippen LogP contribution in [-0.4, -0.2) is 34.7 Å². The van der Waals surface area contributed by atoms with Crippen molar-refractivity contribution in [1.82, 2.24) is 9.97 Å². The van der Waals surface area contributed by atoms with Crippen molar-refractivity contribution in [3.8, 4) is 0 Å². The van der Waals surface area contributed by atoms with E-state index in [0.29, 0.717) is 22.8 Å². The van der Waals surface area contributed by atoms with Crippen molar-refractivity contribution in [1.29, 1.82) is 0 Å². The number of amides is 1. The van der Waals surface area contributed by atoms with Gasteiger partial charge in [0.05, 0.1) is 29.6 Å². The van der Waals surface area contributed by atoms with Gasteiger partial charge in [-0.2, -0.15) is 0 Å². The molecule has 0 spiro atoms. The number of hydrogen-bond acceptors (Lipinski definition) is 7. The van der Waals surface area contributed by atoms with Gasteiger partial charge in [-0.3, -0.25) is 9.59 Å². The second-order valence-corrected chi connectivity index (χ2v) is 9.62. The minimum absolute atomic E-state index is 0.0880. The fourth-order valence-electron chi connectivity index (χ4n) is 3.81. The highest BCUT2D eigenvalue weighted by molar-refractivity contribution is 7.99. The maximum atomic E-state index is 12.5. The number of aryl methyl sites for hydroxylation is 3. The molecule has 4 rings (SSSR count). The van der Waals surface area contributed by atoms with E-state index in [1.807, 2.05) is 19.9 Å². The number of rotatable bonds is 6. The van der Waals surface area contributed by atoms with Gasteiger partial charge in [0.1, 0.15) is 10.7 Å². The van der Waals surface area contributed by atoms with E-state index in [1.165, 1.54) is 23.7 Å². The average molecular weight is 458 g/mol. The third kappa shape index (κ3) is 4.38. The summed E-state index contributed by atoms with van der Waals surface area (Å²) >= 11 is 2.98. The predicted molar refractivity (Wildman–Crippen MR) is 124 cm³/mol.